The van der Waals surface area contributed by atoms with Crippen LogP contribution >= 0.6 is 0 Å². The van der Waals surface area contributed by atoms with Gasteiger partial charge in [0.15, 0.2) is 11.5 Å². The van der Waals surface area contributed by atoms with Gasteiger partial charge in [-0.05, 0) is 61.6 Å². The van der Waals surface area contributed by atoms with Crippen molar-refractivity contribution in [3.05, 3.63) is 65.7 Å². The second kappa shape index (κ2) is 11.8. The number of carbonyl (C=O) groups is 1. The monoisotopic (exact) mass is 502 g/mol. The van der Waals surface area contributed by atoms with E-state index in [9.17, 15) is 4.79 Å². The molecular formula is C31H38N2O4. The standard InChI is InChI=1S/C31H38N2O4/c1-35-25-16-13-22(14-17-25)19-20-37-29-21-23(15-18-28(29)36-2)30-26-11-7-8-12-27(26)31(34)33(32-30)24-9-5-3-4-6-10-24/h7-8,13-18,21,24,26-27H,3-6,9-12,19-20H2,1-2H3/t26-,27+/m0/s1. The second-order valence-electron chi connectivity index (χ2n) is 10.3. The molecule has 196 valence electrons. The van der Waals surface area contributed by atoms with Crippen LogP contribution in [-0.2, 0) is 11.2 Å². The van der Waals surface area contributed by atoms with E-state index < -0.39 is 0 Å². The average Bonchev–Trinajstić information content (AvgIpc) is 3.23. The lowest BCUT2D eigenvalue weighted by atomic mass is 9.76. The third kappa shape index (κ3) is 5.68. The smallest absolute Gasteiger partial charge is 0.247 e. The number of allylic oxidation sites excluding steroid dienone is 2. The van der Waals surface area contributed by atoms with Gasteiger partial charge in [-0.3, -0.25) is 4.79 Å². The van der Waals surface area contributed by atoms with Crippen LogP contribution in [0.5, 0.6) is 17.2 Å². The Hall–Kier alpha value is -3.28. The summed E-state index contributed by atoms with van der Waals surface area (Å²) in [6, 6.07) is 14.3. The predicted octanol–water partition coefficient (Wildman–Crippen LogP) is 6.18. The molecular weight excluding hydrogens is 464 g/mol. The Labute approximate surface area is 220 Å². The van der Waals surface area contributed by atoms with Crippen LogP contribution in [0, 0.1) is 11.8 Å². The van der Waals surface area contributed by atoms with Gasteiger partial charge in [0.1, 0.15) is 5.75 Å². The highest BCUT2D eigenvalue weighted by Gasteiger charge is 2.42. The van der Waals surface area contributed by atoms with Crippen molar-refractivity contribution in [2.75, 3.05) is 20.8 Å². The SMILES string of the molecule is COc1ccc(CCOc2cc(C3=NN(C4CCCCCC4)C(=O)[C@@H]4CC=CC[C@H]34)ccc2OC)cc1. The quantitative estimate of drug-likeness (QED) is 0.320. The third-order valence-corrected chi connectivity index (χ3v) is 7.98. The molecule has 3 aliphatic rings. The number of amides is 1. The van der Waals surface area contributed by atoms with Crippen molar-refractivity contribution in [2.24, 2.45) is 16.9 Å². The molecule has 0 unspecified atom stereocenters. The normalized spacial score (nSPS) is 22.2. The Balaban J connectivity index is 1.40. The van der Waals surface area contributed by atoms with Gasteiger partial charge in [-0.1, -0.05) is 50.0 Å². The number of hydrazone groups is 1. The molecule has 0 aromatic heterocycles. The van der Waals surface area contributed by atoms with Crippen molar-refractivity contribution in [1.82, 2.24) is 5.01 Å². The van der Waals surface area contributed by atoms with Gasteiger partial charge in [0, 0.05) is 17.9 Å². The van der Waals surface area contributed by atoms with Crippen molar-refractivity contribution >= 4 is 11.6 Å². The van der Waals surface area contributed by atoms with Crippen molar-refractivity contribution in [2.45, 2.75) is 63.8 Å². The lowest BCUT2D eigenvalue weighted by Crippen LogP contribution is -2.49. The fraction of sp³-hybridized carbons (Fsp3) is 0.484. The van der Waals surface area contributed by atoms with Gasteiger partial charge < -0.3 is 14.2 Å². The molecule has 1 heterocycles. The van der Waals surface area contributed by atoms with E-state index in [1.165, 1.54) is 31.2 Å². The molecule has 2 aliphatic carbocycles. The average molecular weight is 503 g/mol. The summed E-state index contributed by atoms with van der Waals surface area (Å²) >= 11 is 0. The van der Waals surface area contributed by atoms with Gasteiger partial charge >= 0.3 is 0 Å². The Morgan fingerprint density at radius 2 is 1.59 bits per heavy atom. The first-order valence-electron chi connectivity index (χ1n) is 13.7. The topological polar surface area (TPSA) is 60.4 Å². The maximum Gasteiger partial charge on any atom is 0.247 e. The second-order valence-corrected chi connectivity index (χ2v) is 10.3. The number of hydrogen-bond acceptors (Lipinski definition) is 5. The highest BCUT2D eigenvalue weighted by molar-refractivity contribution is 6.07. The maximum absolute atomic E-state index is 13.6. The summed E-state index contributed by atoms with van der Waals surface area (Å²) in [5.74, 6) is 2.51. The van der Waals surface area contributed by atoms with Crippen LogP contribution in [0.25, 0.3) is 0 Å². The van der Waals surface area contributed by atoms with Crippen molar-refractivity contribution in [3.8, 4) is 17.2 Å². The Kier molecular flexibility index (Phi) is 8.12. The molecule has 37 heavy (non-hydrogen) atoms. The number of carbonyl (C=O) groups excluding carboxylic acids is 1. The largest absolute Gasteiger partial charge is 0.497 e. The molecule has 0 radical (unpaired) electrons. The molecule has 6 nitrogen and oxygen atoms in total. The fourth-order valence-electron chi connectivity index (χ4n) is 5.85. The zero-order valence-corrected chi connectivity index (χ0v) is 22.0. The first-order valence-corrected chi connectivity index (χ1v) is 13.7. The number of hydrogen-bond donors (Lipinski definition) is 0. The highest BCUT2D eigenvalue weighted by Crippen LogP contribution is 2.39. The summed E-state index contributed by atoms with van der Waals surface area (Å²) in [7, 11) is 3.34. The molecule has 1 aliphatic heterocycles. The number of nitrogens with zero attached hydrogens (tertiary/aromatic N) is 2. The molecule has 1 saturated carbocycles. The molecule has 1 amide bonds. The van der Waals surface area contributed by atoms with Crippen LogP contribution in [0.4, 0.5) is 0 Å². The van der Waals surface area contributed by atoms with Crippen molar-refractivity contribution < 1.29 is 19.0 Å². The van der Waals surface area contributed by atoms with E-state index in [-0.39, 0.29) is 23.8 Å². The van der Waals surface area contributed by atoms with Crippen LogP contribution in [0.1, 0.15) is 62.5 Å². The summed E-state index contributed by atoms with van der Waals surface area (Å²) in [6.45, 7) is 0.528. The van der Waals surface area contributed by atoms with Gasteiger partial charge in [0.25, 0.3) is 0 Å². The van der Waals surface area contributed by atoms with Crippen LogP contribution in [0.15, 0.2) is 59.7 Å². The van der Waals surface area contributed by atoms with Gasteiger partial charge in [-0.25, -0.2) is 5.01 Å². The molecule has 6 heteroatoms. The summed E-state index contributed by atoms with van der Waals surface area (Å²) in [6.07, 6.45) is 13.7. The van der Waals surface area contributed by atoms with Crippen LogP contribution in [0.3, 0.4) is 0 Å². The maximum atomic E-state index is 13.6. The Bertz CT molecular complexity index is 1130. The van der Waals surface area contributed by atoms with Crippen LogP contribution in [-0.4, -0.2) is 43.5 Å². The van der Waals surface area contributed by atoms with Crippen molar-refractivity contribution in [3.63, 3.8) is 0 Å². The van der Waals surface area contributed by atoms with E-state index in [1.807, 2.05) is 29.3 Å². The Morgan fingerprint density at radius 1 is 0.865 bits per heavy atom. The lowest BCUT2D eigenvalue weighted by molar-refractivity contribution is -0.140. The summed E-state index contributed by atoms with van der Waals surface area (Å²) in [5.41, 5.74) is 3.19. The van der Waals surface area contributed by atoms with Crippen LogP contribution in [0.2, 0.25) is 0 Å². The number of rotatable bonds is 8. The van der Waals surface area contributed by atoms with E-state index in [4.69, 9.17) is 19.3 Å². The summed E-state index contributed by atoms with van der Waals surface area (Å²) in [4.78, 5) is 13.6. The molecule has 2 aromatic carbocycles. The predicted molar refractivity (Wildman–Crippen MR) is 145 cm³/mol. The summed E-state index contributed by atoms with van der Waals surface area (Å²) in [5, 5.41) is 6.94. The number of methoxy groups -OCH3 is 2. The van der Waals surface area contributed by atoms with Crippen LogP contribution < -0.4 is 14.2 Å². The molecule has 0 spiro atoms. The van der Waals surface area contributed by atoms with E-state index in [0.717, 1.165) is 49.1 Å². The molecule has 0 N–H and O–H groups in total. The lowest BCUT2D eigenvalue weighted by Gasteiger charge is -2.40. The fourth-order valence-corrected chi connectivity index (χ4v) is 5.85. The summed E-state index contributed by atoms with van der Waals surface area (Å²) < 4.78 is 17.1. The van der Waals surface area contributed by atoms with Crippen molar-refractivity contribution in [1.29, 1.82) is 0 Å². The molecule has 5 rings (SSSR count). The first kappa shape index (κ1) is 25.4. The van der Waals surface area contributed by atoms with Gasteiger partial charge in [0.05, 0.1) is 38.5 Å². The highest BCUT2D eigenvalue weighted by atomic mass is 16.5. The van der Waals surface area contributed by atoms with Gasteiger partial charge in [-0.2, -0.15) is 5.10 Å². The minimum atomic E-state index is -0.0395. The number of fused-ring (bicyclic) bond motifs is 1. The first-order chi connectivity index (χ1) is 18.2. The van der Waals surface area contributed by atoms with Gasteiger partial charge in [0.2, 0.25) is 5.91 Å². The molecule has 0 saturated heterocycles. The molecule has 0 bridgehead atoms. The molecule has 2 atom stereocenters. The van der Waals surface area contributed by atoms with E-state index in [2.05, 4.69) is 30.4 Å². The van der Waals surface area contributed by atoms with Gasteiger partial charge in [-0.15, -0.1) is 0 Å². The Morgan fingerprint density at radius 3 is 2.30 bits per heavy atom. The van der Waals surface area contributed by atoms with E-state index in [0.29, 0.717) is 18.1 Å². The number of ether oxygens (including phenoxy) is 3. The van der Waals surface area contributed by atoms with E-state index in [1.54, 1.807) is 14.2 Å². The number of benzene rings is 2. The minimum Gasteiger partial charge on any atom is -0.497 e. The minimum absolute atomic E-state index is 0.0395. The molecule has 2 aromatic rings. The van der Waals surface area contributed by atoms with E-state index >= 15 is 0 Å². The zero-order chi connectivity index (χ0) is 25.6. The zero-order valence-electron chi connectivity index (χ0n) is 22.0. The third-order valence-electron chi connectivity index (χ3n) is 7.98. The molecule has 1 fully saturated rings.